The Kier molecular flexibility index (Phi) is 4.66. The maximum Gasteiger partial charge on any atom is 0.253 e. The molecule has 2 aromatic carbocycles. The van der Waals surface area contributed by atoms with E-state index in [4.69, 9.17) is 0 Å². The summed E-state index contributed by atoms with van der Waals surface area (Å²) in [4.78, 5) is 31.8. The monoisotopic (exact) mass is 379 g/mol. The van der Waals surface area contributed by atoms with E-state index < -0.39 is 0 Å². The van der Waals surface area contributed by atoms with Gasteiger partial charge in [-0.15, -0.1) is 0 Å². The van der Waals surface area contributed by atoms with Crippen molar-refractivity contribution >= 4 is 33.4 Å². The number of fused-ring (bicyclic) bond motifs is 1. The van der Waals surface area contributed by atoms with Crippen LogP contribution in [-0.2, 0) is 23.2 Å². The zero-order chi connectivity index (χ0) is 19.0. The first-order valence-electron chi connectivity index (χ1n) is 8.98. The lowest BCUT2D eigenvalue weighted by molar-refractivity contribution is -0.128. The van der Waals surface area contributed by atoms with Crippen LogP contribution in [-0.4, -0.2) is 27.8 Å². The fraction of sp³-hybridized carbons (Fsp3) is 0.286. The number of amides is 2. The Morgan fingerprint density at radius 1 is 1.19 bits per heavy atom. The molecular weight excluding hydrogens is 358 g/mol. The predicted molar refractivity (Wildman–Crippen MR) is 106 cm³/mol. The first kappa shape index (κ1) is 17.7. The molecule has 1 atom stereocenters. The summed E-state index contributed by atoms with van der Waals surface area (Å²) in [5.41, 5.74) is 3.32. The van der Waals surface area contributed by atoms with Crippen LogP contribution >= 0.6 is 11.3 Å². The Bertz CT molecular complexity index is 1080. The van der Waals surface area contributed by atoms with Crippen molar-refractivity contribution in [3.8, 4) is 0 Å². The van der Waals surface area contributed by atoms with Crippen molar-refractivity contribution < 1.29 is 9.59 Å². The molecule has 1 fully saturated rings. The summed E-state index contributed by atoms with van der Waals surface area (Å²) in [6, 6.07) is 16.1. The second kappa shape index (κ2) is 7.12. The normalized spacial score (nSPS) is 17.9. The zero-order valence-corrected chi connectivity index (χ0v) is 16.2. The van der Waals surface area contributed by atoms with Gasteiger partial charge in [-0.05, 0) is 24.6 Å². The lowest BCUT2D eigenvalue weighted by Gasteiger charge is -2.16. The summed E-state index contributed by atoms with van der Waals surface area (Å²) in [6.07, 6.45) is 0.239. The van der Waals surface area contributed by atoms with Crippen molar-refractivity contribution in [2.45, 2.75) is 19.9 Å². The molecule has 0 spiro atoms. The summed E-state index contributed by atoms with van der Waals surface area (Å²) in [6.45, 7) is 3.01. The summed E-state index contributed by atoms with van der Waals surface area (Å²) >= 11 is 1.49. The molecule has 0 N–H and O–H groups in total. The molecule has 1 saturated heterocycles. The summed E-state index contributed by atoms with van der Waals surface area (Å²) in [7, 11) is 1.91. The topological polar surface area (TPSA) is 54.7 Å². The maximum absolute atomic E-state index is 12.7. The Labute approximate surface area is 161 Å². The van der Waals surface area contributed by atoms with E-state index in [1.165, 1.54) is 16.9 Å². The van der Waals surface area contributed by atoms with Gasteiger partial charge < -0.3 is 9.47 Å². The highest BCUT2D eigenvalue weighted by Gasteiger charge is 2.34. The molecule has 3 aromatic rings. The first-order chi connectivity index (χ1) is 13.0. The van der Waals surface area contributed by atoms with E-state index in [2.05, 4.69) is 4.99 Å². The van der Waals surface area contributed by atoms with E-state index in [0.717, 1.165) is 15.8 Å². The Balaban J connectivity index is 1.51. The van der Waals surface area contributed by atoms with Crippen LogP contribution < -0.4 is 4.80 Å². The van der Waals surface area contributed by atoms with E-state index in [1.807, 2.05) is 67.1 Å². The average Bonchev–Trinajstić information content (AvgIpc) is 3.18. The molecule has 0 aliphatic carbocycles. The standard InChI is InChI=1S/C21H21N3O2S/c1-14-7-9-15(10-8-14)12-24-13-16(11-19(24)25)20(26)22-21-23(2)17-5-3-4-6-18(17)27-21/h3-10,16H,11-13H2,1-2H3/t16-/m0/s1. The molecule has 4 rings (SSSR count). The minimum Gasteiger partial charge on any atom is -0.338 e. The number of hydrogen-bond donors (Lipinski definition) is 0. The number of aryl methyl sites for hydroxylation is 2. The second-order valence-electron chi connectivity index (χ2n) is 7.02. The van der Waals surface area contributed by atoms with Crippen LogP contribution in [0, 0.1) is 12.8 Å². The van der Waals surface area contributed by atoms with Crippen LogP contribution in [0.1, 0.15) is 17.5 Å². The van der Waals surface area contributed by atoms with Crippen molar-refractivity contribution in [3.63, 3.8) is 0 Å². The highest BCUT2D eigenvalue weighted by Crippen LogP contribution is 2.22. The number of benzene rings is 2. The van der Waals surface area contributed by atoms with Gasteiger partial charge in [0.25, 0.3) is 5.91 Å². The molecule has 1 aliphatic heterocycles. The van der Waals surface area contributed by atoms with Gasteiger partial charge in [0.05, 0.1) is 16.1 Å². The molecule has 0 radical (unpaired) electrons. The van der Waals surface area contributed by atoms with Crippen LogP contribution in [0.3, 0.4) is 0 Å². The first-order valence-corrected chi connectivity index (χ1v) is 9.79. The molecule has 6 heteroatoms. The second-order valence-corrected chi connectivity index (χ2v) is 8.03. The van der Waals surface area contributed by atoms with E-state index in [1.54, 1.807) is 4.90 Å². The highest BCUT2D eigenvalue weighted by atomic mass is 32.1. The van der Waals surface area contributed by atoms with Gasteiger partial charge >= 0.3 is 0 Å². The van der Waals surface area contributed by atoms with E-state index in [0.29, 0.717) is 17.9 Å². The Morgan fingerprint density at radius 3 is 2.67 bits per heavy atom. The molecule has 2 amide bonds. The average molecular weight is 379 g/mol. The Morgan fingerprint density at radius 2 is 1.93 bits per heavy atom. The summed E-state index contributed by atoms with van der Waals surface area (Å²) < 4.78 is 3.02. The molecule has 138 valence electrons. The van der Waals surface area contributed by atoms with Crippen LogP contribution in [0.15, 0.2) is 53.5 Å². The number of aromatic nitrogens is 1. The third-order valence-corrected chi connectivity index (χ3v) is 6.09. The molecule has 1 aromatic heterocycles. The number of para-hydroxylation sites is 1. The van der Waals surface area contributed by atoms with Gasteiger partial charge in [-0.1, -0.05) is 53.3 Å². The van der Waals surface area contributed by atoms with Gasteiger partial charge in [-0.3, -0.25) is 9.59 Å². The number of nitrogens with zero attached hydrogens (tertiary/aromatic N) is 3. The molecule has 0 unspecified atom stereocenters. The molecule has 27 heavy (non-hydrogen) atoms. The number of carbonyl (C=O) groups is 2. The van der Waals surface area contributed by atoms with Crippen LogP contribution in [0.25, 0.3) is 10.2 Å². The Hall–Kier alpha value is -2.73. The molecule has 0 saturated carbocycles. The minimum atomic E-state index is -0.367. The highest BCUT2D eigenvalue weighted by molar-refractivity contribution is 7.16. The van der Waals surface area contributed by atoms with Crippen molar-refractivity contribution in [1.82, 2.24) is 9.47 Å². The molecule has 5 nitrogen and oxygen atoms in total. The van der Waals surface area contributed by atoms with E-state index >= 15 is 0 Å². The van der Waals surface area contributed by atoms with Gasteiger partial charge in [-0.2, -0.15) is 4.99 Å². The van der Waals surface area contributed by atoms with Gasteiger partial charge in [-0.25, -0.2) is 0 Å². The molecule has 2 heterocycles. The van der Waals surface area contributed by atoms with Gasteiger partial charge in [0.2, 0.25) is 5.91 Å². The maximum atomic E-state index is 12.7. The van der Waals surface area contributed by atoms with Crippen LogP contribution in [0.5, 0.6) is 0 Å². The lowest BCUT2D eigenvalue weighted by Crippen LogP contribution is -2.26. The van der Waals surface area contributed by atoms with Crippen LogP contribution in [0.4, 0.5) is 0 Å². The largest absolute Gasteiger partial charge is 0.338 e. The zero-order valence-electron chi connectivity index (χ0n) is 15.4. The lowest BCUT2D eigenvalue weighted by atomic mass is 10.1. The fourth-order valence-electron chi connectivity index (χ4n) is 3.38. The van der Waals surface area contributed by atoms with Crippen LogP contribution in [0.2, 0.25) is 0 Å². The molecule has 1 aliphatic rings. The number of carbonyl (C=O) groups excluding carboxylic acids is 2. The number of likely N-dealkylation sites (tertiary alicyclic amines) is 1. The van der Waals surface area contributed by atoms with Crippen molar-refractivity contribution in [2.75, 3.05) is 6.54 Å². The molecule has 0 bridgehead atoms. The van der Waals surface area contributed by atoms with E-state index in [-0.39, 0.29) is 24.2 Å². The van der Waals surface area contributed by atoms with E-state index in [9.17, 15) is 9.59 Å². The number of thiazole rings is 1. The number of rotatable bonds is 3. The predicted octanol–water partition coefficient (Wildman–Crippen LogP) is 3.02. The smallest absolute Gasteiger partial charge is 0.253 e. The summed E-state index contributed by atoms with van der Waals surface area (Å²) in [5, 5.41) is 0. The number of hydrogen-bond acceptors (Lipinski definition) is 3. The van der Waals surface area contributed by atoms with Gasteiger partial charge in [0, 0.05) is 26.6 Å². The quantitative estimate of drug-likeness (QED) is 0.702. The third kappa shape index (κ3) is 3.57. The minimum absolute atomic E-state index is 0.0184. The van der Waals surface area contributed by atoms with Crippen molar-refractivity contribution in [3.05, 3.63) is 64.5 Å². The third-order valence-electron chi connectivity index (χ3n) is 4.98. The van der Waals surface area contributed by atoms with Crippen molar-refractivity contribution in [2.24, 2.45) is 18.0 Å². The fourth-order valence-corrected chi connectivity index (χ4v) is 4.40. The SMILES string of the molecule is Cc1ccc(CN2C[C@@H](C(=O)N=c3sc4ccccc4n3C)CC2=O)cc1. The summed E-state index contributed by atoms with van der Waals surface area (Å²) in [5.74, 6) is -0.560. The van der Waals surface area contributed by atoms with Gasteiger partial charge in [0.15, 0.2) is 4.80 Å². The van der Waals surface area contributed by atoms with Gasteiger partial charge in [0.1, 0.15) is 0 Å². The van der Waals surface area contributed by atoms with Crippen molar-refractivity contribution in [1.29, 1.82) is 0 Å². The molecular formula is C21H21N3O2S.